The summed E-state index contributed by atoms with van der Waals surface area (Å²) in [5.41, 5.74) is 9.48. The third kappa shape index (κ3) is 4.06. The molecule has 0 saturated carbocycles. The lowest BCUT2D eigenvalue weighted by atomic mass is 9.85. The van der Waals surface area contributed by atoms with Crippen LogP contribution in [0.3, 0.4) is 0 Å². The fourth-order valence-corrected chi connectivity index (χ4v) is 6.41. The fraction of sp³-hybridized carbons (Fsp3) is 0. The molecule has 0 bridgehead atoms. The second kappa shape index (κ2) is 10.1. The molecule has 1 nitrogen and oxygen atoms in total. The number of fused-ring (bicyclic) bond motifs is 3. The maximum Gasteiger partial charge on any atom is 0.0702 e. The standard InChI is InChI=1S/C41H27N/c1-3-17-32-28(11-1)13-8-19-35(32)38-22-10-21-37-34(30-15-7-16-31(27-30)40-23-5-6-26-42-40)24-25-39(41(37)38)36-20-9-14-29-12-2-4-18-33(29)36/h1-27H. The highest BCUT2D eigenvalue weighted by atomic mass is 14.7. The summed E-state index contributed by atoms with van der Waals surface area (Å²) in [6.07, 6.45) is 1.85. The molecule has 0 aliphatic carbocycles. The van der Waals surface area contributed by atoms with Crippen molar-refractivity contribution >= 4 is 32.3 Å². The van der Waals surface area contributed by atoms with Gasteiger partial charge in [0.05, 0.1) is 5.69 Å². The Balaban J connectivity index is 1.46. The highest BCUT2D eigenvalue weighted by molar-refractivity contribution is 6.17. The van der Waals surface area contributed by atoms with Crippen LogP contribution in [0.1, 0.15) is 0 Å². The minimum atomic E-state index is 0.979. The molecule has 1 aromatic heterocycles. The maximum atomic E-state index is 4.61. The molecule has 0 radical (unpaired) electrons. The van der Waals surface area contributed by atoms with E-state index in [1.54, 1.807) is 0 Å². The van der Waals surface area contributed by atoms with Crippen LogP contribution in [0.4, 0.5) is 0 Å². The Kier molecular flexibility index (Phi) is 5.86. The van der Waals surface area contributed by atoms with Gasteiger partial charge in [-0.3, -0.25) is 4.98 Å². The molecule has 0 N–H and O–H groups in total. The van der Waals surface area contributed by atoms with Crippen molar-refractivity contribution in [3.63, 3.8) is 0 Å². The maximum absolute atomic E-state index is 4.61. The fourth-order valence-electron chi connectivity index (χ4n) is 6.41. The summed E-state index contributed by atoms with van der Waals surface area (Å²) in [5, 5.41) is 7.53. The van der Waals surface area contributed by atoms with Gasteiger partial charge >= 0.3 is 0 Å². The van der Waals surface area contributed by atoms with Crippen LogP contribution in [-0.2, 0) is 0 Å². The lowest BCUT2D eigenvalue weighted by molar-refractivity contribution is 1.33. The Hall–Kier alpha value is -5.53. The van der Waals surface area contributed by atoms with E-state index in [0.29, 0.717) is 0 Å². The van der Waals surface area contributed by atoms with Crippen LogP contribution in [0, 0.1) is 0 Å². The third-order valence-electron chi connectivity index (χ3n) is 8.33. The van der Waals surface area contributed by atoms with Crippen LogP contribution in [0.25, 0.3) is 77.0 Å². The van der Waals surface area contributed by atoms with Crippen LogP contribution in [0.2, 0.25) is 0 Å². The quantitative estimate of drug-likeness (QED) is 0.219. The first-order chi connectivity index (χ1) is 20.8. The molecule has 8 rings (SSSR count). The summed E-state index contributed by atoms with van der Waals surface area (Å²) >= 11 is 0. The Morgan fingerprint density at radius 3 is 1.57 bits per heavy atom. The van der Waals surface area contributed by atoms with Crippen LogP contribution >= 0.6 is 0 Å². The predicted molar refractivity (Wildman–Crippen MR) is 178 cm³/mol. The molecule has 0 saturated heterocycles. The van der Waals surface area contributed by atoms with Gasteiger partial charge in [-0.25, -0.2) is 0 Å². The van der Waals surface area contributed by atoms with Gasteiger partial charge in [0.1, 0.15) is 0 Å². The topological polar surface area (TPSA) is 12.9 Å². The molecule has 1 heteroatoms. The molecule has 8 aromatic rings. The second-order valence-electron chi connectivity index (χ2n) is 10.7. The summed E-state index contributed by atoms with van der Waals surface area (Å²) in [5.74, 6) is 0. The average molecular weight is 534 g/mol. The first-order valence-corrected chi connectivity index (χ1v) is 14.4. The van der Waals surface area contributed by atoms with Crippen molar-refractivity contribution in [1.82, 2.24) is 4.98 Å². The van der Waals surface area contributed by atoms with Gasteiger partial charge in [0.25, 0.3) is 0 Å². The van der Waals surface area contributed by atoms with Crippen molar-refractivity contribution in [2.45, 2.75) is 0 Å². The van der Waals surface area contributed by atoms with E-state index in [2.05, 4.69) is 151 Å². The monoisotopic (exact) mass is 533 g/mol. The summed E-state index contributed by atoms with van der Waals surface area (Å²) < 4.78 is 0. The molecular formula is C41H27N. The molecule has 0 fully saturated rings. The Bertz CT molecular complexity index is 2150. The van der Waals surface area contributed by atoms with Gasteiger partial charge in [-0.05, 0) is 83.9 Å². The molecule has 0 atom stereocenters. The first-order valence-electron chi connectivity index (χ1n) is 14.4. The van der Waals surface area contributed by atoms with E-state index in [-0.39, 0.29) is 0 Å². The number of benzene rings is 7. The van der Waals surface area contributed by atoms with E-state index in [9.17, 15) is 0 Å². The number of rotatable bonds is 4. The molecule has 0 unspecified atom stereocenters. The zero-order valence-electron chi connectivity index (χ0n) is 23.0. The van der Waals surface area contributed by atoms with E-state index >= 15 is 0 Å². The number of hydrogen-bond acceptors (Lipinski definition) is 1. The van der Waals surface area contributed by atoms with Gasteiger partial charge in [0.2, 0.25) is 0 Å². The lowest BCUT2D eigenvalue weighted by Crippen LogP contribution is -1.92. The molecular weight excluding hydrogens is 506 g/mol. The van der Waals surface area contributed by atoms with Gasteiger partial charge in [0.15, 0.2) is 0 Å². The summed E-state index contributed by atoms with van der Waals surface area (Å²) in [6, 6.07) is 56.9. The van der Waals surface area contributed by atoms with E-state index in [4.69, 9.17) is 0 Å². The van der Waals surface area contributed by atoms with Crippen LogP contribution in [0.15, 0.2) is 164 Å². The smallest absolute Gasteiger partial charge is 0.0702 e. The largest absolute Gasteiger partial charge is 0.256 e. The molecule has 0 spiro atoms. The lowest BCUT2D eigenvalue weighted by Gasteiger charge is -2.18. The van der Waals surface area contributed by atoms with Gasteiger partial charge in [-0.15, -0.1) is 0 Å². The normalized spacial score (nSPS) is 11.3. The van der Waals surface area contributed by atoms with Crippen molar-refractivity contribution in [3.05, 3.63) is 164 Å². The van der Waals surface area contributed by atoms with E-state index < -0.39 is 0 Å². The van der Waals surface area contributed by atoms with Crippen molar-refractivity contribution < 1.29 is 0 Å². The number of nitrogens with zero attached hydrogens (tertiary/aromatic N) is 1. The molecule has 0 aliphatic heterocycles. The summed E-state index contributed by atoms with van der Waals surface area (Å²) in [7, 11) is 0. The number of pyridine rings is 1. The van der Waals surface area contributed by atoms with Crippen LogP contribution in [0.5, 0.6) is 0 Å². The minimum Gasteiger partial charge on any atom is -0.256 e. The Morgan fingerprint density at radius 1 is 0.333 bits per heavy atom. The molecule has 196 valence electrons. The van der Waals surface area contributed by atoms with Crippen molar-refractivity contribution in [2.24, 2.45) is 0 Å². The third-order valence-corrected chi connectivity index (χ3v) is 8.33. The van der Waals surface area contributed by atoms with Crippen LogP contribution in [-0.4, -0.2) is 4.98 Å². The van der Waals surface area contributed by atoms with E-state index in [0.717, 1.165) is 11.3 Å². The van der Waals surface area contributed by atoms with Gasteiger partial charge < -0.3 is 0 Å². The summed E-state index contributed by atoms with van der Waals surface area (Å²) in [6.45, 7) is 0. The number of hydrogen-bond donors (Lipinski definition) is 0. The minimum absolute atomic E-state index is 0.979. The van der Waals surface area contributed by atoms with Gasteiger partial charge in [-0.1, -0.05) is 140 Å². The second-order valence-corrected chi connectivity index (χ2v) is 10.7. The SMILES string of the molecule is c1ccc(-c2cccc(-c3ccc(-c4cccc5ccccc45)c4c(-c5cccc6ccccc56)cccc34)c2)nc1. The van der Waals surface area contributed by atoms with E-state index in [1.165, 1.54) is 65.7 Å². The Morgan fingerprint density at radius 2 is 0.857 bits per heavy atom. The van der Waals surface area contributed by atoms with E-state index in [1.807, 2.05) is 18.3 Å². The van der Waals surface area contributed by atoms with Crippen LogP contribution < -0.4 is 0 Å². The number of aromatic nitrogens is 1. The Labute approximate surface area is 245 Å². The van der Waals surface area contributed by atoms with Gasteiger partial charge in [0, 0.05) is 11.8 Å². The van der Waals surface area contributed by atoms with Crippen molar-refractivity contribution in [3.8, 4) is 44.6 Å². The van der Waals surface area contributed by atoms with Crippen molar-refractivity contribution in [1.29, 1.82) is 0 Å². The zero-order valence-corrected chi connectivity index (χ0v) is 23.0. The first kappa shape index (κ1) is 24.3. The predicted octanol–water partition coefficient (Wildman–Crippen LogP) is 11.2. The average Bonchev–Trinajstić information content (AvgIpc) is 3.07. The molecule has 42 heavy (non-hydrogen) atoms. The highest BCUT2D eigenvalue weighted by Crippen LogP contribution is 2.44. The molecule has 7 aromatic carbocycles. The zero-order chi connectivity index (χ0) is 27.9. The molecule has 0 aliphatic rings. The molecule has 0 amide bonds. The summed E-state index contributed by atoms with van der Waals surface area (Å²) in [4.78, 5) is 4.61. The molecule has 1 heterocycles. The van der Waals surface area contributed by atoms with Crippen molar-refractivity contribution in [2.75, 3.05) is 0 Å². The highest BCUT2D eigenvalue weighted by Gasteiger charge is 2.17. The van der Waals surface area contributed by atoms with Gasteiger partial charge in [-0.2, -0.15) is 0 Å².